The van der Waals surface area contributed by atoms with Crippen molar-refractivity contribution in [3.8, 4) is 0 Å². The Balaban J connectivity index is 2.16. The van der Waals surface area contributed by atoms with Crippen molar-refractivity contribution in [3.05, 3.63) is 11.2 Å². The largest absolute Gasteiger partial charge is 0.408 e. The molecule has 1 N–H and O–H groups in total. The lowest BCUT2D eigenvalue weighted by Crippen LogP contribution is -2.35. The topological polar surface area (TPSA) is 21.3 Å². The minimum absolute atomic E-state index is 0.144. The molecule has 2 aliphatic rings. The van der Waals surface area contributed by atoms with Crippen LogP contribution < -0.4 is 5.32 Å². The fraction of sp³-hybridized carbons (Fsp3) is 0.667. The van der Waals surface area contributed by atoms with Crippen molar-refractivity contribution in [2.45, 2.75) is 23.2 Å². The maximum atomic E-state index is 6.61. The van der Waals surface area contributed by atoms with Crippen LogP contribution in [0.25, 0.3) is 0 Å². The van der Waals surface area contributed by atoms with Crippen LogP contribution in [0.1, 0.15) is 12.8 Å². The summed E-state index contributed by atoms with van der Waals surface area (Å²) in [7, 11) is 0.295. The molecule has 0 aromatic carbocycles. The Kier molecular flexibility index (Phi) is 6.54. The number of piperidine rings is 1. The van der Waals surface area contributed by atoms with Gasteiger partial charge in [-0.25, -0.2) is 0 Å². The molecule has 0 amide bonds. The average Bonchev–Trinajstić information content (AvgIpc) is 2.84. The van der Waals surface area contributed by atoms with Crippen LogP contribution in [0.3, 0.4) is 0 Å². The Morgan fingerprint density at radius 1 is 1.48 bits per heavy atom. The highest BCUT2D eigenvalue weighted by atomic mass is 32.2. The molecule has 0 aromatic rings. The van der Waals surface area contributed by atoms with E-state index in [1.54, 1.807) is 0 Å². The van der Waals surface area contributed by atoms with Crippen LogP contribution in [0.5, 0.6) is 0 Å². The van der Waals surface area contributed by atoms with E-state index in [4.69, 9.17) is 4.74 Å². The van der Waals surface area contributed by atoms with E-state index in [0.29, 0.717) is 11.2 Å². The lowest BCUT2D eigenvalue weighted by Gasteiger charge is -2.24. The molecule has 1 saturated heterocycles. The van der Waals surface area contributed by atoms with Crippen molar-refractivity contribution >= 4 is 54.0 Å². The first kappa shape index (κ1) is 17.7. The van der Waals surface area contributed by atoms with Gasteiger partial charge < -0.3 is 10.1 Å². The molecular formula is C15H26NOP3S+2. The molecule has 2 nitrogen and oxygen atoms in total. The summed E-state index contributed by atoms with van der Waals surface area (Å²) in [6, 6.07) is 0. The van der Waals surface area contributed by atoms with E-state index in [9.17, 15) is 0 Å². The number of hydrogen-bond donors (Lipinski definition) is 1. The molecule has 116 valence electrons. The van der Waals surface area contributed by atoms with Crippen LogP contribution >= 0.6 is 35.1 Å². The maximum absolute atomic E-state index is 6.61. The first-order valence-corrected chi connectivity index (χ1v) is 13.4. The summed E-state index contributed by atoms with van der Waals surface area (Å²) in [5, 5.41) is 5.17. The second-order valence-electron chi connectivity index (χ2n) is 5.74. The third-order valence-electron chi connectivity index (χ3n) is 4.13. The van der Waals surface area contributed by atoms with E-state index < -0.39 is 15.1 Å². The van der Waals surface area contributed by atoms with Gasteiger partial charge in [-0.2, -0.15) is 0 Å². The van der Waals surface area contributed by atoms with Gasteiger partial charge in [0, 0.05) is 23.9 Å². The fourth-order valence-electron chi connectivity index (χ4n) is 2.86. The summed E-state index contributed by atoms with van der Waals surface area (Å²) in [6.07, 6.45) is 18.4. The van der Waals surface area contributed by atoms with Gasteiger partial charge in [0.2, 0.25) is 0 Å². The molecule has 0 saturated carbocycles. The second kappa shape index (κ2) is 7.76. The number of hydrogen-bond acceptors (Lipinski definition) is 3. The van der Waals surface area contributed by atoms with Crippen molar-refractivity contribution in [1.29, 1.82) is 0 Å². The van der Waals surface area contributed by atoms with Gasteiger partial charge in [-0.05, 0) is 19.0 Å². The van der Waals surface area contributed by atoms with Crippen molar-refractivity contribution in [3.63, 3.8) is 0 Å². The Morgan fingerprint density at radius 2 is 2.19 bits per heavy atom. The van der Waals surface area contributed by atoms with Crippen molar-refractivity contribution in [2.24, 2.45) is 5.92 Å². The van der Waals surface area contributed by atoms with Crippen molar-refractivity contribution < 1.29 is 4.74 Å². The molecule has 4 unspecified atom stereocenters. The Bertz CT molecular complexity index is 464. The minimum Gasteiger partial charge on any atom is -0.408 e. The molecule has 2 rings (SSSR count). The summed E-state index contributed by atoms with van der Waals surface area (Å²) < 4.78 is 6.61. The lowest BCUT2D eigenvalue weighted by atomic mass is 10.00. The third-order valence-corrected chi connectivity index (χ3v) is 11.1. The first-order valence-electron chi connectivity index (χ1n) is 7.29. The van der Waals surface area contributed by atoms with Crippen LogP contribution in [0.2, 0.25) is 0 Å². The minimum atomic E-state index is -0.445. The zero-order valence-electron chi connectivity index (χ0n) is 13.0. The van der Waals surface area contributed by atoms with Gasteiger partial charge in [-0.3, -0.25) is 0 Å². The summed E-state index contributed by atoms with van der Waals surface area (Å²) in [5.74, 6) is 0.628. The summed E-state index contributed by atoms with van der Waals surface area (Å²) >= 11 is 1.94. The predicted octanol–water partition coefficient (Wildman–Crippen LogP) is 4.08. The molecular weight excluding hydrogens is 335 g/mol. The quantitative estimate of drug-likeness (QED) is 0.691. The first-order chi connectivity index (χ1) is 9.99. The number of thioether (sulfide) groups is 1. The summed E-state index contributed by atoms with van der Waals surface area (Å²) in [4.78, 5) is 0. The second-order valence-corrected chi connectivity index (χ2v) is 12.5. The summed E-state index contributed by atoms with van der Waals surface area (Å²) in [5.41, 5.74) is 0. The molecule has 4 atom stereocenters. The SMILES string of the molecule is C=PCCC(OC1=CC2CNCCC2S1)([P+](=C)C)[P+](=C)C. The van der Waals surface area contributed by atoms with Gasteiger partial charge in [0.15, 0.2) is 20.2 Å². The number of rotatable bonds is 7. The molecule has 0 bridgehead atoms. The Labute approximate surface area is 137 Å². The normalized spacial score (nSPS) is 29.3. The van der Waals surface area contributed by atoms with E-state index in [2.05, 4.69) is 43.6 Å². The highest BCUT2D eigenvalue weighted by molar-refractivity contribution is 8.03. The Hall–Kier alpha value is 0.360. The smallest absolute Gasteiger partial charge is 0.408 e. The highest BCUT2D eigenvalue weighted by Crippen LogP contribution is 2.58. The van der Waals surface area contributed by atoms with Crippen molar-refractivity contribution in [2.75, 3.05) is 32.6 Å². The monoisotopic (exact) mass is 361 g/mol. The standard InChI is InChI=1S/C15H26NOP3S/c1-18-9-7-15(19(2)3,20(4)5)17-14-10-12-11-16-8-6-13(12)21-14/h10,12-13,16H,1-2,4,6-9,11H2,3,5H3/q+2. The van der Waals surface area contributed by atoms with Gasteiger partial charge in [0.25, 0.3) is 0 Å². The van der Waals surface area contributed by atoms with Gasteiger partial charge in [0.1, 0.15) is 13.3 Å². The molecule has 1 fully saturated rings. The predicted molar refractivity (Wildman–Crippen MR) is 108 cm³/mol. The fourth-order valence-corrected chi connectivity index (χ4v) is 8.96. The molecule has 2 aliphatic heterocycles. The van der Waals surface area contributed by atoms with Crippen LogP contribution in [0.15, 0.2) is 11.2 Å². The van der Waals surface area contributed by atoms with Crippen LogP contribution in [-0.2, 0) is 4.74 Å². The van der Waals surface area contributed by atoms with E-state index in [1.165, 1.54) is 14.6 Å². The zero-order chi connectivity index (χ0) is 15.5. The van der Waals surface area contributed by atoms with Gasteiger partial charge in [0.05, 0.1) is 19.0 Å². The molecule has 0 spiro atoms. The van der Waals surface area contributed by atoms with Gasteiger partial charge >= 0.3 is 5.08 Å². The Morgan fingerprint density at radius 3 is 2.76 bits per heavy atom. The van der Waals surface area contributed by atoms with Crippen molar-refractivity contribution in [1.82, 2.24) is 5.32 Å². The third kappa shape index (κ3) is 4.01. The van der Waals surface area contributed by atoms with Crippen LogP contribution in [0, 0.1) is 5.92 Å². The number of nitrogens with one attached hydrogen (secondary N) is 1. The number of fused-ring (bicyclic) bond motifs is 1. The van der Waals surface area contributed by atoms with E-state index in [0.717, 1.165) is 30.8 Å². The molecule has 0 radical (unpaired) electrons. The molecule has 0 aliphatic carbocycles. The van der Waals surface area contributed by atoms with Crippen LogP contribution in [0.4, 0.5) is 0 Å². The van der Waals surface area contributed by atoms with E-state index >= 15 is 0 Å². The molecule has 2 heterocycles. The molecule has 0 aromatic heterocycles. The summed E-state index contributed by atoms with van der Waals surface area (Å²) in [6.45, 7) is 6.68. The van der Waals surface area contributed by atoms with Gasteiger partial charge in [-0.1, -0.05) is 18.1 Å². The molecule has 21 heavy (non-hydrogen) atoms. The number of ether oxygens (including phenoxy) is 1. The maximum Gasteiger partial charge on any atom is 0.408 e. The average molecular weight is 361 g/mol. The highest BCUT2D eigenvalue weighted by Gasteiger charge is 2.53. The van der Waals surface area contributed by atoms with Crippen LogP contribution in [-0.4, -0.2) is 61.8 Å². The van der Waals surface area contributed by atoms with E-state index in [1.807, 2.05) is 11.8 Å². The van der Waals surface area contributed by atoms with E-state index in [-0.39, 0.29) is 5.08 Å². The zero-order valence-corrected chi connectivity index (χ0v) is 16.5. The lowest BCUT2D eigenvalue weighted by molar-refractivity contribution is 0.173. The van der Waals surface area contributed by atoms with Gasteiger partial charge in [-0.15, -0.1) is 8.20 Å². The molecule has 6 heteroatoms.